The number of hydrogen-bond donors (Lipinski definition) is 2. The van der Waals surface area contributed by atoms with E-state index >= 15 is 0 Å². The number of alkyl halides is 3. The van der Waals surface area contributed by atoms with Crippen LogP contribution in [-0.2, 0) is 14.3 Å². The third-order valence-electron chi connectivity index (χ3n) is 5.89. The van der Waals surface area contributed by atoms with Crippen LogP contribution >= 0.6 is 0 Å². The molecule has 3 rings (SSSR count). The first-order valence-corrected chi connectivity index (χ1v) is 10.7. The minimum Gasteiger partial charge on any atom is -0.480 e. The number of hydrogen-bond acceptors (Lipinski definition) is 4. The van der Waals surface area contributed by atoms with E-state index in [9.17, 15) is 27.6 Å². The number of halogens is 3. The number of carboxylic acid groups (broad SMARTS) is 1. The molecule has 0 fully saturated rings. The van der Waals surface area contributed by atoms with Gasteiger partial charge in [0.25, 0.3) is 5.91 Å². The van der Waals surface area contributed by atoms with Crippen LogP contribution in [0.1, 0.15) is 37.3 Å². The zero-order valence-electron chi connectivity index (χ0n) is 18.6. The zero-order valence-corrected chi connectivity index (χ0v) is 18.6. The summed E-state index contributed by atoms with van der Waals surface area (Å²) in [6.45, 7) is 1.88. The standard InChI is InChI=1S/C24H25F3N2O5/c1-3-14(2)29(12-20(30)31)22(32)21(24(25,26)27)28-23(33)34-13-19-17-10-6-4-8-15(17)16-9-5-7-11-18(16)19/h4-11,14,19,21H,3,12-13H2,1-2H3,(H,28,33)(H,30,31). The summed E-state index contributed by atoms with van der Waals surface area (Å²) in [6, 6.07) is 11.2. The van der Waals surface area contributed by atoms with Gasteiger partial charge in [-0.2, -0.15) is 13.2 Å². The highest BCUT2D eigenvalue weighted by molar-refractivity contribution is 5.89. The van der Waals surface area contributed by atoms with Crippen LogP contribution in [0.25, 0.3) is 11.1 Å². The molecule has 10 heteroatoms. The Bertz CT molecular complexity index is 1030. The Morgan fingerprint density at radius 2 is 1.59 bits per heavy atom. The third kappa shape index (κ3) is 5.32. The van der Waals surface area contributed by atoms with Gasteiger partial charge in [0, 0.05) is 12.0 Å². The second kappa shape index (κ2) is 10.1. The summed E-state index contributed by atoms with van der Waals surface area (Å²) in [6.07, 6.45) is -6.33. The van der Waals surface area contributed by atoms with E-state index in [1.807, 2.05) is 48.5 Å². The molecule has 0 saturated heterocycles. The topological polar surface area (TPSA) is 95.9 Å². The first-order chi connectivity index (χ1) is 16.0. The minimum absolute atomic E-state index is 0.231. The molecule has 2 atom stereocenters. The van der Waals surface area contributed by atoms with E-state index in [1.165, 1.54) is 6.92 Å². The van der Waals surface area contributed by atoms with Crippen LogP contribution in [0.2, 0.25) is 0 Å². The molecule has 0 aromatic heterocycles. The second-order valence-corrected chi connectivity index (χ2v) is 8.06. The molecule has 7 nitrogen and oxygen atoms in total. The Morgan fingerprint density at radius 3 is 2.06 bits per heavy atom. The zero-order chi connectivity index (χ0) is 25.0. The van der Waals surface area contributed by atoms with Crippen molar-refractivity contribution in [1.29, 1.82) is 0 Å². The molecule has 1 aliphatic rings. The van der Waals surface area contributed by atoms with Gasteiger partial charge in [0.05, 0.1) is 0 Å². The van der Waals surface area contributed by atoms with Crippen molar-refractivity contribution in [3.8, 4) is 11.1 Å². The van der Waals surface area contributed by atoms with E-state index in [-0.39, 0.29) is 18.9 Å². The summed E-state index contributed by atoms with van der Waals surface area (Å²) in [5.74, 6) is -3.39. The molecule has 34 heavy (non-hydrogen) atoms. The predicted molar refractivity (Wildman–Crippen MR) is 117 cm³/mol. The first-order valence-electron chi connectivity index (χ1n) is 10.7. The average molecular weight is 478 g/mol. The number of ether oxygens (including phenoxy) is 1. The highest BCUT2D eigenvalue weighted by Gasteiger charge is 2.49. The Hall–Kier alpha value is -3.56. The van der Waals surface area contributed by atoms with Crippen molar-refractivity contribution in [2.24, 2.45) is 0 Å². The molecule has 182 valence electrons. The second-order valence-electron chi connectivity index (χ2n) is 8.06. The van der Waals surface area contributed by atoms with Gasteiger partial charge >= 0.3 is 18.2 Å². The lowest BCUT2D eigenvalue weighted by Gasteiger charge is -2.31. The van der Waals surface area contributed by atoms with Crippen LogP contribution in [0.15, 0.2) is 48.5 Å². The molecular formula is C24H25F3N2O5. The third-order valence-corrected chi connectivity index (χ3v) is 5.89. The van der Waals surface area contributed by atoms with Crippen molar-refractivity contribution in [1.82, 2.24) is 10.2 Å². The van der Waals surface area contributed by atoms with Gasteiger partial charge in [-0.05, 0) is 35.6 Å². The summed E-state index contributed by atoms with van der Waals surface area (Å²) < 4.78 is 46.1. The van der Waals surface area contributed by atoms with Crippen LogP contribution < -0.4 is 5.32 Å². The highest BCUT2D eigenvalue weighted by atomic mass is 19.4. The number of alkyl carbamates (subject to hydrolysis) is 1. The minimum atomic E-state index is -5.15. The van der Waals surface area contributed by atoms with Crippen molar-refractivity contribution >= 4 is 18.0 Å². The maximum atomic E-state index is 13.7. The van der Waals surface area contributed by atoms with E-state index in [2.05, 4.69) is 0 Å². The quantitative estimate of drug-likeness (QED) is 0.594. The number of nitrogens with one attached hydrogen (secondary N) is 1. The number of nitrogens with zero attached hydrogens (tertiary/aromatic N) is 1. The van der Waals surface area contributed by atoms with E-state index in [0.29, 0.717) is 4.90 Å². The summed E-state index contributed by atoms with van der Waals surface area (Å²) in [4.78, 5) is 36.7. The lowest BCUT2D eigenvalue weighted by molar-refractivity contribution is -0.177. The molecule has 0 saturated carbocycles. The Morgan fingerprint density at radius 1 is 1.06 bits per heavy atom. The normalized spacial score (nSPS) is 14.5. The van der Waals surface area contributed by atoms with E-state index in [4.69, 9.17) is 9.84 Å². The molecule has 0 radical (unpaired) electrons. The van der Waals surface area contributed by atoms with Crippen LogP contribution in [0.5, 0.6) is 0 Å². The maximum Gasteiger partial charge on any atom is 0.417 e. The number of benzene rings is 2. The number of carboxylic acids is 1. The van der Waals surface area contributed by atoms with Crippen molar-refractivity contribution in [3.63, 3.8) is 0 Å². The lowest BCUT2D eigenvalue weighted by Crippen LogP contribution is -2.58. The van der Waals surface area contributed by atoms with Gasteiger partial charge in [0.1, 0.15) is 13.2 Å². The number of amides is 2. The molecule has 0 aliphatic heterocycles. The van der Waals surface area contributed by atoms with Gasteiger partial charge in [-0.3, -0.25) is 9.59 Å². The van der Waals surface area contributed by atoms with E-state index in [1.54, 1.807) is 12.2 Å². The summed E-state index contributed by atoms with van der Waals surface area (Å²) in [7, 11) is 0. The molecule has 1 aliphatic carbocycles. The summed E-state index contributed by atoms with van der Waals surface area (Å²) >= 11 is 0. The Labute approximate surface area is 194 Å². The van der Waals surface area contributed by atoms with Gasteiger partial charge in [-0.15, -0.1) is 0 Å². The van der Waals surface area contributed by atoms with Crippen LogP contribution in [0.3, 0.4) is 0 Å². The monoisotopic (exact) mass is 478 g/mol. The Kier molecular flexibility index (Phi) is 7.48. The average Bonchev–Trinajstić information content (AvgIpc) is 3.11. The molecule has 2 aromatic carbocycles. The lowest BCUT2D eigenvalue weighted by atomic mass is 9.98. The van der Waals surface area contributed by atoms with Crippen LogP contribution in [0.4, 0.5) is 18.0 Å². The molecule has 2 amide bonds. The molecule has 0 spiro atoms. The van der Waals surface area contributed by atoms with Crippen molar-refractivity contribution in [3.05, 3.63) is 59.7 Å². The van der Waals surface area contributed by atoms with Crippen LogP contribution in [0, 0.1) is 0 Å². The summed E-state index contributed by atoms with van der Waals surface area (Å²) in [5, 5.41) is 10.6. The highest BCUT2D eigenvalue weighted by Crippen LogP contribution is 2.44. The van der Waals surface area contributed by atoms with Gasteiger partial charge in [-0.1, -0.05) is 55.5 Å². The SMILES string of the molecule is CCC(C)N(CC(=O)O)C(=O)C(NC(=O)OCC1c2ccccc2-c2ccccc21)C(F)(F)F. The fourth-order valence-electron chi connectivity index (χ4n) is 4.02. The van der Waals surface area contributed by atoms with Crippen molar-refractivity contribution in [2.45, 2.75) is 44.4 Å². The molecule has 0 heterocycles. The van der Waals surface area contributed by atoms with Crippen molar-refractivity contribution in [2.75, 3.05) is 13.2 Å². The maximum absolute atomic E-state index is 13.7. The molecular weight excluding hydrogens is 453 g/mol. The molecule has 0 bridgehead atoms. The van der Waals surface area contributed by atoms with E-state index in [0.717, 1.165) is 22.3 Å². The van der Waals surface area contributed by atoms with Gasteiger partial charge in [-0.25, -0.2) is 4.79 Å². The molecule has 2 unspecified atom stereocenters. The smallest absolute Gasteiger partial charge is 0.417 e. The summed E-state index contributed by atoms with van der Waals surface area (Å²) in [5.41, 5.74) is 3.66. The number of rotatable bonds is 8. The molecule has 2 aromatic rings. The number of carbonyl (C=O) groups is 3. The van der Waals surface area contributed by atoms with E-state index < -0.39 is 42.8 Å². The fraction of sp³-hybridized carbons (Fsp3) is 0.375. The van der Waals surface area contributed by atoms with Crippen LogP contribution in [-0.4, -0.2) is 59.4 Å². The molecule has 2 N–H and O–H groups in total. The van der Waals surface area contributed by atoms with Gasteiger partial charge in [0.2, 0.25) is 6.04 Å². The number of fused-ring (bicyclic) bond motifs is 3. The predicted octanol–water partition coefficient (Wildman–Crippen LogP) is 4.17. The first kappa shape index (κ1) is 25.1. The number of aliphatic carboxylic acids is 1. The number of carbonyl (C=O) groups excluding carboxylic acids is 2. The van der Waals surface area contributed by atoms with Gasteiger partial charge < -0.3 is 20.1 Å². The van der Waals surface area contributed by atoms with Crippen molar-refractivity contribution < 1.29 is 37.4 Å². The van der Waals surface area contributed by atoms with Gasteiger partial charge in [0.15, 0.2) is 0 Å². The Balaban J connectivity index is 1.75. The fourth-order valence-corrected chi connectivity index (χ4v) is 4.02. The largest absolute Gasteiger partial charge is 0.480 e.